The van der Waals surface area contributed by atoms with E-state index in [9.17, 15) is 10.1 Å². The van der Waals surface area contributed by atoms with E-state index in [1.54, 1.807) is 24.3 Å². The Hall–Kier alpha value is -1.62. The molecule has 2 aromatic rings. The van der Waals surface area contributed by atoms with Crippen LogP contribution < -0.4 is 0 Å². The molecule has 15 heavy (non-hydrogen) atoms. The van der Waals surface area contributed by atoms with Gasteiger partial charge in [0.15, 0.2) is 0 Å². The van der Waals surface area contributed by atoms with E-state index < -0.39 is 4.92 Å². The average molecular weight is 268 g/mol. The number of hydrogen-bond acceptors (Lipinski definition) is 3. The molecule has 0 aliphatic carbocycles. The van der Waals surface area contributed by atoms with Gasteiger partial charge in [0.2, 0.25) is 0 Å². The zero-order chi connectivity index (χ0) is 10.8. The monoisotopic (exact) mass is 267 g/mol. The number of rotatable bonds is 2. The topological polar surface area (TPSA) is 56.3 Å². The summed E-state index contributed by atoms with van der Waals surface area (Å²) in [6.45, 7) is 0. The minimum Gasteiger partial charge on any atom is -0.464 e. The third kappa shape index (κ3) is 1.92. The van der Waals surface area contributed by atoms with Crippen molar-refractivity contribution in [3.8, 4) is 11.3 Å². The van der Waals surface area contributed by atoms with Crippen molar-refractivity contribution in [3.05, 3.63) is 51.2 Å². The predicted octanol–water partition coefficient (Wildman–Crippen LogP) is 3.62. The molecule has 5 heteroatoms. The SMILES string of the molecule is O=[N+]([O-])c1cc(Br)ccc1-c1ccco1. The second kappa shape index (κ2) is 3.86. The zero-order valence-corrected chi connectivity index (χ0v) is 9.10. The third-order valence-corrected chi connectivity index (χ3v) is 2.44. The summed E-state index contributed by atoms with van der Waals surface area (Å²) in [6, 6.07) is 8.24. The molecule has 1 aromatic carbocycles. The number of furan rings is 1. The van der Waals surface area contributed by atoms with E-state index in [0.717, 1.165) is 0 Å². The van der Waals surface area contributed by atoms with Crippen LogP contribution in [0.15, 0.2) is 45.5 Å². The first-order valence-corrected chi connectivity index (χ1v) is 4.95. The van der Waals surface area contributed by atoms with E-state index in [1.807, 2.05) is 0 Å². The van der Waals surface area contributed by atoms with E-state index in [1.165, 1.54) is 12.3 Å². The molecule has 0 N–H and O–H groups in total. The van der Waals surface area contributed by atoms with Crippen molar-refractivity contribution in [2.75, 3.05) is 0 Å². The smallest absolute Gasteiger partial charge is 0.281 e. The second-order valence-electron chi connectivity index (χ2n) is 2.90. The fraction of sp³-hybridized carbons (Fsp3) is 0. The molecule has 0 radical (unpaired) electrons. The van der Waals surface area contributed by atoms with Crippen LogP contribution in [0.1, 0.15) is 0 Å². The van der Waals surface area contributed by atoms with Crippen molar-refractivity contribution in [2.45, 2.75) is 0 Å². The Balaban J connectivity index is 2.61. The molecular weight excluding hydrogens is 262 g/mol. The van der Waals surface area contributed by atoms with E-state index in [0.29, 0.717) is 15.8 Å². The Bertz CT molecular complexity index is 493. The standard InChI is InChI=1S/C10H6BrNO3/c11-7-3-4-8(9(6-7)12(13)14)10-2-1-5-15-10/h1-6H. The van der Waals surface area contributed by atoms with Gasteiger partial charge in [-0.3, -0.25) is 10.1 Å². The fourth-order valence-electron chi connectivity index (χ4n) is 1.30. The first kappa shape index (κ1) is 9.92. The summed E-state index contributed by atoms with van der Waals surface area (Å²) < 4.78 is 5.80. The Kier molecular flexibility index (Phi) is 2.55. The van der Waals surface area contributed by atoms with Gasteiger partial charge in [-0.05, 0) is 24.3 Å². The summed E-state index contributed by atoms with van der Waals surface area (Å²) in [6.07, 6.45) is 1.49. The van der Waals surface area contributed by atoms with Gasteiger partial charge in [-0.15, -0.1) is 0 Å². The molecule has 0 unspecified atom stereocenters. The van der Waals surface area contributed by atoms with Crippen LogP contribution in [-0.2, 0) is 0 Å². The lowest BCUT2D eigenvalue weighted by Gasteiger charge is -1.99. The molecular formula is C10H6BrNO3. The van der Waals surface area contributed by atoms with Crippen LogP contribution in [0.5, 0.6) is 0 Å². The van der Waals surface area contributed by atoms with Gasteiger partial charge in [0.05, 0.1) is 16.7 Å². The number of nitrogens with zero attached hydrogens (tertiary/aromatic N) is 1. The Morgan fingerprint density at radius 2 is 2.13 bits per heavy atom. The molecule has 76 valence electrons. The lowest BCUT2D eigenvalue weighted by molar-refractivity contribution is -0.384. The maximum atomic E-state index is 10.8. The van der Waals surface area contributed by atoms with Gasteiger partial charge in [-0.1, -0.05) is 15.9 Å². The number of nitro groups is 1. The minimum absolute atomic E-state index is 0.0272. The Morgan fingerprint density at radius 3 is 2.73 bits per heavy atom. The summed E-state index contributed by atoms with van der Waals surface area (Å²) in [5, 5.41) is 10.8. The number of halogens is 1. The highest BCUT2D eigenvalue weighted by molar-refractivity contribution is 9.10. The van der Waals surface area contributed by atoms with Crippen molar-refractivity contribution in [1.29, 1.82) is 0 Å². The summed E-state index contributed by atoms with van der Waals surface area (Å²) in [7, 11) is 0. The number of benzene rings is 1. The highest BCUT2D eigenvalue weighted by Crippen LogP contribution is 2.32. The molecule has 0 bridgehead atoms. The maximum absolute atomic E-state index is 10.8. The molecule has 4 nitrogen and oxygen atoms in total. The minimum atomic E-state index is -0.428. The van der Waals surface area contributed by atoms with Gasteiger partial charge in [0, 0.05) is 10.5 Å². The van der Waals surface area contributed by atoms with Gasteiger partial charge in [0.25, 0.3) is 5.69 Å². The van der Waals surface area contributed by atoms with E-state index in [-0.39, 0.29) is 5.69 Å². The Labute approximate surface area is 93.8 Å². The van der Waals surface area contributed by atoms with Gasteiger partial charge >= 0.3 is 0 Å². The van der Waals surface area contributed by atoms with Crippen LogP contribution in [0.25, 0.3) is 11.3 Å². The first-order valence-electron chi connectivity index (χ1n) is 4.16. The summed E-state index contributed by atoms with van der Waals surface area (Å²) >= 11 is 3.19. The van der Waals surface area contributed by atoms with Gasteiger partial charge in [-0.25, -0.2) is 0 Å². The molecule has 1 heterocycles. The fourth-order valence-corrected chi connectivity index (χ4v) is 1.65. The molecule has 2 rings (SSSR count). The zero-order valence-electron chi connectivity index (χ0n) is 7.51. The first-order chi connectivity index (χ1) is 7.18. The van der Waals surface area contributed by atoms with Crippen molar-refractivity contribution in [1.82, 2.24) is 0 Å². The van der Waals surface area contributed by atoms with Gasteiger partial charge < -0.3 is 4.42 Å². The molecule has 0 atom stereocenters. The number of nitro benzene ring substituents is 1. The lowest BCUT2D eigenvalue weighted by Crippen LogP contribution is -1.91. The molecule has 0 fully saturated rings. The molecule has 0 aliphatic heterocycles. The molecule has 0 saturated heterocycles. The van der Waals surface area contributed by atoms with Crippen LogP contribution in [0.2, 0.25) is 0 Å². The molecule has 0 spiro atoms. The van der Waals surface area contributed by atoms with E-state index in [2.05, 4.69) is 15.9 Å². The largest absolute Gasteiger partial charge is 0.464 e. The lowest BCUT2D eigenvalue weighted by atomic mass is 10.1. The van der Waals surface area contributed by atoms with E-state index in [4.69, 9.17) is 4.42 Å². The van der Waals surface area contributed by atoms with Crippen molar-refractivity contribution in [2.24, 2.45) is 0 Å². The summed E-state index contributed by atoms with van der Waals surface area (Å²) in [5.41, 5.74) is 0.507. The van der Waals surface area contributed by atoms with E-state index >= 15 is 0 Å². The predicted molar refractivity (Wildman–Crippen MR) is 58.5 cm³/mol. The van der Waals surface area contributed by atoms with Crippen molar-refractivity contribution >= 4 is 21.6 Å². The van der Waals surface area contributed by atoms with Gasteiger partial charge in [-0.2, -0.15) is 0 Å². The number of hydrogen-bond donors (Lipinski definition) is 0. The van der Waals surface area contributed by atoms with Crippen LogP contribution in [0.3, 0.4) is 0 Å². The van der Waals surface area contributed by atoms with Crippen molar-refractivity contribution < 1.29 is 9.34 Å². The van der Waals surface area contributed by atoms with Crippen molar-refractivity contribution in [3.63, 3.8) is 0 Å². The Morgan fingerprint density at radius 1 is 1.33 bits per heavy atom. The summed E-state index contributed by atoms with van der Waals surface area (Å²) in [5.74, 6) is 0.495. The normalized spacial score (nSPS) is 10.2. The van der Waals surface area contributed by atoms with Crippen LogP contribution in [-0.4, -0.2) is 4.92 Å². The molecule has 0 amide bonds. The molecule has 0 aliphatic rings. The highest BCUT2D eigenvalue weighted by atomic mass is 79.9. The summed E-state index contributed by atoms with van der Waals surface area (Å²) in [4.78, 5) is 10.4. The second-order valence-corrected chi connectivity index (χ2v) is 3.81. The molecule has 1 aromatic heterocycles. The van der Waals surface area contributed by atoms with Gasteiger partial charge in [0.1, 0.15) is 5.76 Å². The van der Waals surface area contributed by atoms with Crippen LogP contribution >= 0.6 is 15.9 Å². The van der Waals surface area contributed by atoms with Crippen LogP contribution in [0.4, 0.5) is 5.69 Å². The van der Waals surface area contributed by atoms with Crippen LogP contribution in [0, 0.1) is 10.1 Å². The maximum Gasteiger partial charge on any atom is 0.281 e. The quantitative estimate of drug-likeness (QED) is 0.617. The third-order valence-electron chi connectivity index (χ3n) is 1.94. The highest BCUT2D eigenvalue weighted by Gasteiger charge is 2.17. The average Bonchev–Trinajstić information content (AvgIpc) is 2.70. The molecule has 0 saturated carbocycles.